The van der Waals surface area contributed by atoms with E-state index in [1.807, 2.05) is 25.1 Å². The number of halogens is 2. The van der Waals surface area contributed by atoms with Crippen LogP contribution in [-0.2, 0) is 22.7 Å². The quantitative estimate of drug-likeness (QED) is 0.137. The molecule has 266 valence electrons. The second kappa shape index (κ2) is 14.0. The molecule has 0 bridgehead atoms. The molecule has 5 aromatic rings. The highest BCUT2D eigenvalue weighted by Crippen LogP contribution is 2.39. The van der Waals surface area contributed by atoms with Gasteiger partial charge >= 0.3 is 12.6 Å². The van der Waals surface area contributed by atoms with Gasteiger partial charge in [-0.15, -0.1) is 0 Å². The van der Waals surface area contributed by atoms with Gasteiger partial charge in [-0.2, -0.15) is 8.78 Å². The van der Waals surface area contributed by atoms with Crippen molar-refractivity contribution in [1.82, 2.24) is 20.2 Å². The summed E-state index contributed by atoms with van der Waals surface area (Å²) >= 11 is 0. The van der Waals surface area contributed by atoms with Crippen molar-refractivity contribution in [2.24, 2.45) is 5.41 Å². The Labute approximate surface area is 295 Å². The van der Waals surface area contributed by atoms with Gasteiger partial charge in [0.25, 0.3) is 0 Å². The molecular formula is C40H42F2N4O5. The summed E-state index contributed by atoms with van der Waals surface area (Å²) in [5.41, 5.74) is 8.99. The van der Waals surface area contributed by atoms with Gasteiger partial charge in [0.1, 0.15) is 23.9 Å². The SMILES string of the molecule is COc1nc(-c2cccc(-c3cccc(-c4nc5cc(COC(=O)[C@@H]6CCCN6)c(OC(F)F)cc5o4)c3C)c2C)ccc1CN1CC(C)(C)C1. The number of carbonyl (C=O) groups is 1. The molecule has 2 aliphatic heterocycles. The molecule has 9 nitrogen and oxygen atoms in total. The number of methoxy groups -OCH3 is 1. The van der Waals surface area contributed by atoms with Gasteiger partial charge in [-0.05, 0) is 79.1 Å². The highest BCUT2D eigenvalue weighted by Gasteiger charge is 2.34. The smallest absolute Gasteiger partial charge is 0.387 e. The molecule has 11 heteroatoms. The van der Waals surface area contributed by atoms with Crippen molar-refractivity contribution >= 4 is 17.1 Å². The molecule has 0 aliphatic carbocycles. The number of fused-ring (bicyclic) bond motifs is 1. The molecule has 2 fully saturated rings. The number of pyridine rings is 1. The summed E-state index contributed by atoms with van der Waals surface area (Å²) in [4.78, 5) is 24.6. The summed E-state index contributed by atoms with van der Waals surface area (Å²) in [7, 11) is 1.66. The predicted octanol–water partition coefficient (Wildman–Crippen LogP) is 8.09. The predicted molar refractivity (Wildman–Crippen MR) is 191 cm³/mol. The molecule has 1 atom stereocenters. The molecule has 0 unspecified atom stereocenters. The van der Waals surface area contributed by atoms with Crippen molar-refractivity contribution in [3.05, 3.63) is 82.9 Å². The van der Waals surface area contributed by atoms with Crippen molar-refractivity contribution in [3.8, 4) is 45.5 Å². The molecule has 3 aromatic carbocycles. The highest BCUT2D eigenvalue weighted by atomic mass is 19.3. The fraction of sp³-hybridized carbons (Fsp3) is 0.375. The first-order valence-electron chi connectivity index (χ1n) is 17.2. The van der Waals surface area contributed by atoms with Crippen molar-refractivity contribution in [2.45, 2.75) is 66.3 Å². The third-order valence-electron chi connectivity index (χ3n) is 9.80. The molecular weight excluding hydrogens is 654 g/mol. The van der Waals surface area contributed by atoms with Gasteiger partial charge in [0.05, 0.1) is 12.8 Å². The molecule has 51 heavy (non-hydrogen) atoms. The van der Waals surface area contributed by atoms with Crippen LogP contribution >= 0.6 is 0 Å². The van der Waals surface area contributed by atoms with E-state index in [1.165, 1.54) is 6.07 Å². The van der Waals surface area contributed by atoms with Gasteiger partial charge in [0, 0.05) is 48.0 Å². The van der Waals surface area contributed by atoms with Crippen LogP contribution in [0.1, 0.15) is 48.9 Å². The Bertz CT molecular complexity index is 2080. The van der Waals surface area contributed by atoms with E-state index in [0.717, 1.165) is 77.2 Å². The summed E-state index contributed by atoms with van der Waals surface area (Å²) in [6.07, 6.45) is 1.54. The average Bonchev–Trinajstić information content (AvgIpc) is 3.77. The lowest BCUT2D eigenvalue weighted by atomic mass is 9.84. The fourth-order valence-corrected chi connectivity index (χ4v) is 7.36. The number of rotatable bonds is 11. The zero-order valence-corrected chi connectivity index (χ0v) is 29.5. The summed E-state index contributed by atoms with van der Waals surface area (Å²) in [5.74, 6) is 0.401. The Morgan fingerprint density at radius 1 is 0.980 bits per heavy atom. The Morgan fingerprint density at radius 3 is 2.35 bits per heavy atom. The number of nitrogens with zero attached hydrogens (tertiary/aromatic N) is 3. The van der Waals surface area contributed by atoms with Crippen LogP contribution in [-0.4, -0.2) is 60.2 Å². The number of ether oxygens (including phenoxy) is 3. The van der Waals surface area contributed by atoms with E-state index in [4.69, 9.17) is 28.6 Å². The Kier molecular flexibility index (Phi) is 9.52. The highest BCUT2D eigenvalue weighted by molar-refractivity contribution is 5.84. The van der Waals surface area contributed by atoms with Crippen LogP contribution in [0.25, 0.3) is 44.9 Å². The third-order valence-corrected chi connectivity index (χ3v) is 9.80. The number of esters is 1. The van der Waals surface area contributed by atoms with Crippen LogP contribution < -0.4 is 14.8 Å². The lowest BCUT2D eigenvalue weighted by Crippen LogP contribution is -2.52. The Balaban J connectivity index is 1.18. The third kappa shape index (κ3) is 7.18. The number of aromatic nitrogens is 2. The summed E-state index contributed by atoms with van der Waals surface area (Å²) in [6, 6.07) is 18.8. The van der Waals surface area contributed by atoms with E-state index in [1.54, 1.807) is 13.2 Å². The van der Waals surface area contributed by atoms with E-state index in [-0.39, 0.29) is 23.5 Å². The summed E-state index contributed by atoms with van der Waals surface area (Å²) in [6.45, 7) is 8.97. The van der Waals surface area contributed by atoms with Crippen molar-refractivity contribution < 1.29 is 32.2 Å². The lowest BCUT2D eigenvalue weighted by molar-refractivity contribution is -0.147. The second-order valence-corrected chi connectivity index (χ2v) is 14.2. The minimum atomic E-state index is -3.07. The first kappa shape index (κ1) is 34.6. The maximum atomic E-state index is 13.4. The van der Waals surface area contributed by atoms with E-state index in [0.29, 0.717) is 29.1 Å². The fourth-order valence-electron chi connectivity index (χ4n) is 7.36. The van der Waals surface area contributed by atoms with Crippen LogP contribution in [0.2, 0.25) is 0 Å². The topological polar surface area (TPSA) is 99.0 Å². The molecule has 7 rings (SSSR count). The van der Waals surface area contributed by atoms with E-state index in [9.17, 15) is 13.6 Å². The maximum Gasteiger partial charge on any atom is 0.387 e. The molecule has 0 amide bonds. The number of hydrogen-bond acceptors (Lipinski definition) is 9. The summed E-state index contributed by atoms with van der Waals surface area (Å²) < 4.78 is 48.9. The van der Waals surface area contributed by atoms with Gasteiger partial charge in [-0.25, -0.2) is 9.97 Å². The summed E-state index contributed by atoms with van der Waals surface area (Å²) in [5, 5.41) is 3.08. The van der Waals surface area contributed by atoms with Crippen molar-refractivity contribution in [2.75, 3.05) is 26.7 Å². The maximum absolute atomic E-state index is 13.4. The standard InChI is InChI=1S/C40H42F2N4O5/c1-23-27(9-6-11-29(23)31-15-14-25(36(44-31)48-5)19-46-21-40(3,4)22-46)28-10-7-12-30(24(28)2)37-45-33-17-26(20-49-38(47)32-13-8-16-43-32)34(51-39(41)42)18-35(33)50-37/h6-7,9-12,14-15,17-18,32,39,43H,8,13,16,19-22H2,1-5H3/t32-/m0/s1. The first-order valence-corrected chi connectivity index (χ1v) is 17.2. The van der Waals surface area contributed by atoms with Gasteiger partial charge in [0.2, 0.25) is 11.8 Å². The molecule has 0 saturated carbocycles. The normalized spacial score (nSPS) is 17.1. The Morgan fingerprint density at radius 2 is 1.69 bits per heavy atom. The first-order chi connectivity index (χ1) is 24.5. The van der Waals surface area contributed by atoms with Crippen LogP contribution in [0.3, 0.4) is 0 Å². The number of benzene rings is 3. The van der Waals surface area contributed by atoms with Crippen LogP contribution in [0.15, 0.2) is 65.1 Å². The molecule has 2 aliphatic rings. The largest absolute Gasteiger partial charge is 0.481 e. The van der Waals surface area contributed by atoms with Crippen LogP contribution in [0, 0.1) is 19.3 Å². The molecule has 2 aromatic heterocycles. The molecule has 0 radical (unpaired) electrons. The number of carbonyl (C=O) groups excluding carboxylic acids is 1. The number of likely N-dealkylation sites (tertiary alicyclic amines) is 1. The molecule has 1 N–H and O–H groups in total. The number of oxazole rings is 1. The number of alkyl halides is 2. The van der Waals surface area contributed by atoms with Gasteiger partial charge < -0.3 is 23.9 Å². The molecule has 2 saturated heterocycles. The van der Waals surface area contributed by atoms with Crippen molar-refractivity contribution in [1.29, 1.82) is 0 Å². The van der Waals surface area contributed by atoms with Crippen LogP contribution in [0.4, 0.5) is 8.78 Å². The number of nitrogens with one attached hydrogen (secondary N) is 1. The number of hydrogen-bond donors (Lipinski definition) is 1. The Hall–Kier alpha value is -4.87. The minimum absolute atomic E-state index is 0.131. The van der Waals surface area contributed by atoms with Crippen LogP contribution in [0.5, 0.6) is 11.6 Å². The van der Waals surface area contributed by atoms with Gasteiger partial charge in [-0.3, -0.25) is 9.69 Å². The minimum Gasteiger partial charge on any atom is -0.481 e. The zero-order chi connectivity index (χ0) is 35.9. The lowest BCUT2D eigenvalue weighted by Gasteiger charge is -2.46. The van der Waals surface area contributed by atoms with E-state index < -0.39 is 18.6 Å². The zero-order valence-electron chi connectivity index (χ0n) is 29.5. The monoisotopic (exact) mass is 696 g/mol. The molecule has 4 heterocycles. The molecule has 0 spiro atoms. The van der Waals surface area contributed by atoms with E-state index in [2.05, 4.69) is 61.3 Å². The average molecular weight is 697 g/mol. The van der Waals surface area contributed by atoms with E-state index >= 15 is 0 Å². The van der Waals surface area contributed by atoms with Crippen molar-refractivity contribution in [3.63, 3.8) is 0 Å². The second-order valence-electron chi connectivity index (χ2n) is 14.2. The van der Waals surface area contributed by atoms with Gasteiger partial charge in [-0.1, -0.05) is 50.2 Å². The van der Waals surface area contributed by atoms with Gasteiger partial charge in [0.15, 0.2) is 5.58 Å².